The van der Waals surface area contributed by atoms with Crippen molar-refractivity contribution in [2.75, 3.05) is 11.1 Å². The van der Waals surface area contributed by atoms with Gasteiger partial charge in [-0.1, -0.05) is 36.0 Å². The summed E-state index contributed by atoms with van der Waals surface area (Å²) < 4.78 is 1.03. The minimum Gasteiger partial charge on any atom is -0.333 e. The van der Waals surface area contributed by atoms with E-state index in [4.69, 9.17) is 0 Å². The van der Waals surface area contributed by atoms with Crippen molar-refractivity contribution in [2.24, 2.45) is 0 Å². The first-order valence-electron chi connectivity index (χ1n) is 6.34. The van der Waals surface area contributed by atoms with Crippen LogP contribution in [0, 0.1) is 3.57 Å². The van der Waals surface area contributed by atoms with Crippen LogP contribution in [0.2, 0.25) is 0 Å². The number of nitrogens with zero attached hydrogens (tertiary/aromatic N) is 1. The molecule has 3 aromatic rings. The van der Waals surface area contributed by atoms with E-state index < -0.39 is 0 Å². The molecule has 2 N–H and O–H groups in total. The summed E-state index contributed by atoms with van der Waals surface area (Å²) in [6, 6.07) is 15.5. The van der Waals surface area contributed by atoms with Crippen LogP contribution in [0.3, 0.4) is 0 Å². The van der Waals surface area contributed by atoms with E-state index in [0.717, 1.165) is 25.4 Å². The number of hydrogen-bond donors (Lipinski definition) is 2. The number of fused-ring (bicyclic) bond motifs is 1. The molecule has 1 aromatic heterocycles. The number of imidazole rings is 1. The number of benzene rings is 2. The van der Waals surface area contributed by atoms with Crippen LogP contribution < -0.4 is 5.32 Å². The number of amides is 1. The molecule has 0 bridgehead atoms. The number of hydrogen-bond acceptors (Lipinski definition) is 3. The lowest BCUT2D eigenvalue weighted by Gasteiger charge is -2.06. The molecule has 0 unspecified atom stereocenters. The maximum absolute atomic E-state index is 12.0. The summed E-state index contributed by atoms with van der Waals surface area (Å²) >= 11 is 3.60. The van der Waals surface area contributed by atoms with Crippen LogP contribution in [-0.2, 0) is 4.79 Å². The molecule has 0 aliphatic heterocycles. The molecule has 0 spiro atoms. The zero-order valence-corrected chi connectivity index (χ0v) is 13.9. The molecule has 0 saturated heterocycles. The van der Waals surface area contributed by atoms with E-state index in [1.165, 1.54) is 11.8 Å². The Morgan fingerprint density at radius 2 is 1.95 bits per heavy atom. The van der Waals surface area contributed by atoms with Crippen molar-refractivity contribution in [1.29, 1.82) is 0 Å². The van der Waals surface area contributed by atoms with Crippen molar-refractivity contribution >= 4 is 57.0 Å². The molecular weight excluding hydrogens is 397 g/mol. The van der Waals surface area contributed by atoms with E-state index >= 15 is 0 Å². The Kier molecular flexibility index (Phi) is 4.45. The third kappa shape index (κ3) is 3.56. The molecule has 1 heterocycles. The fourth-order valence-corrected chi connectivity index (χ4v) is 3.09. The maximum atomic E-state index is 12.0. The van der Waals surface area contributed by atoms with Gasteiger partial charge in [0.05, 0.1) is 22.5 Å². The van der Waals surface area contributed by atoms with Crippen molar-refractivity contribution in [1.82, 2.24) is 9.97 Å². The zero-order chi connectivity index (χ0) is 14.7. The van der Waals surface area contributed by atoms with Gasteiger partial charge in [0.1, 0.15) is 0 Å². The van der Waals surface area contributed by atoms with Crippen LogP contribution in [0.25, 0.3) is 11.0 Å². The summed E-state index contributed by atoms with van der Waals surface area (Å²) in [5, 5.41) is 3.66. The lowest BCUT2D eigenvalue weighted by Crippen LogP contribution is -2.14. The Balaban J connectivity index is 1.62. The third-order valence-electron chi connectivity index (χ3n) is 2.86. The second kappa shape index (κ2) is 6.48. The zero-order valence-electron chi connectivity index (χ0n) is 11.0. The first-order valence-corrected chi connectivity index (χ1v) is 8.41. The van der Waals surface area contributed by atoms with E-state index in [-0.39, 0.29) is 5.91 Å². The number of aromatic amines is 1. The molecule has 0 atom stereocenters. The summed E-state index contributed by atoms with van der Waals surface area (Å²) in [5.41, 5.74) is 2.74. The molecule has 1 amide bonds. The van der Waals surface area contributed by atoms with Crippen LogP contribution in [0.1, 0.15) is 0 Å². The lowest BCUT2D eigenvalue weighted by atomic mass is 10.3. The van der Waals surface area contributed by atoms with Crippen LogP contribution in [0.5, 0.6) is 0 Å². The molecule has 6 heteroatoms. The molecule has 0 radical (unpaired) electrons. The van der Waals surface area contributed by atoms with Gasteiger partial charge in [-0.15, -0.1) is 0 Å². The van der Waals surface area contributed by atoms with Gasteiger partial charge in [0.25, 0.3) is 0 Å². The number of nitrogens with one attached hydrogen (secondary N) is 2. The van der Waals surface area contributed by atoms with Crippen LogP contribution >= 0.6 is 34.4 Å². The predicted octanol–water partition coefficient (Wildman–Crippen LogP) is 3.90. The summed E-state index contributed by atoms with van der Waals surface area (Å²) in [7, 11) is 0. The van der Waals surface area contributed by atoms with E-state index in [1.54, 1.807) is 0 Å². The average Bonchev–Trinajstić information content (AvgIpc) is 2.90. The van der Waals surface area contributed by atoms with Gasteiger partial charge < -0.3 is 10.3 Å². The van der Waals surface area contributed by atoms with Gasteiger partial charge >= 0.3 is 0 Å². The standard InChI is InChI=1S/C15H12IN3OS/c16-10-5-1-2-6-11(10)17-14(20)9-21-15-18-12-7-3-4-8-13(12)19-15/h1-8H,9H2,(H,17,20)(H,18,19). The average molecular weight is 409 g/mol. The molecule has 4 nitrogen and oxygen atoms in total. The quantitative estimate of drug-likeness (QED) is 0.508. The highest BCUT2D eigenvalue weighted by Crippen LogP contribution is 2.20. The van der Waals surface area contributed by atoms with Gasteiger partial charge in [0.15, 0.2) is 5.16 Å². The van der Waals surface area contributed by atoms with Crippen molar-refractivity contribution in [3.8, 4) is 0 Å². The fraction of sp³-hybridized carbons (Fsp3) is 0.0667. The lowest BCUT2D eigenvalue weighted by molar-refractivity contribution is -0.113. The molecule has 2 aromatic carbocycles. The Labute approximate surface area is 139 Å². The number of carbonyl (C=O) groups excluding carboxylic acids is 1. The van der Waals surface area contributed by atoms with E-state index in [0.29, 0.717) is 5.75 Å². The molecular formula is C15H12IN3OS. The summed E-state index contributed by atoms with van der Waals surface area (Å²) in [4.78, 5) is 19.6. The second-order valence-electron chi connectivity index (χ2n) is 4.38. The molecule has 0 saturated carbocycles. The van der Waals surface area contributed by atoms with E-state index in [2.05, 4.69) is 37.9 Å². The number of thioether (sulfide) groups is 1. The van der Waals surface area contributed by atoms with Gasteiger partial charge in [0, 0.05) is 3.57 Å². The Morgan fingerprint density at radius 3 is 2.76 bits per heavy atom. The molecule has 0 aliphatic carbocycles. The number of aromatic nitrogens is 2. The predicted molar refractivity (Wildman–Crippen MR) is 94.6 cm³/mol. The number of anilines is 1. The highest BCUT2D eigenvalue weighted by atomic mass is 127. The smallest absolute Gasteiger partial charge is 0.234 e. The van der Waals surface area contributed by atoms with Crippen LogP contribution in [0.15, 0.2) is 53.7 Å². The number of halogens is 1. The number of para-hydroxylation sites is 3. The molecule has 0 aliphatic rings. The van der Waals surface area contributed by atoms with Crippen molar-refractivity contribution in [3.05, 3.63) is 52.1 Å². The van der Waals surface area contributed by atoms with Crippen LogP contribution in [-0.4, -0.2) is 21.6 Å². The van der Waals surface area contributed by atoms with Crippen LogP contribution in [0.4, 0.5) is 5.69 Å². The highest BCUT2D eigenvalue weighted by Gasteiger charge is 2.08. The van der Waals surface area contributed by atoms with Gasteiger partial charge in [-0.25, -0.2) is 4.98 Å². The van der Waals surface area contributed by atoms with Crippen molar-refractivity contribution in [2.45, 2.75) is 5.16 Å². The summed E-state index contributed by atoms with van der Waals surface area (Å²) in [5.74, 6) is 0.287. The monoisotopic (exact) mass is 409 g/mol. The maximum Gasteiger partial charge on any atom is 0.234 e. The first kappa shape index (κ1) is 14.4. The van der Waals surface area contributed by atoms with Gasteiger partial charge in [-0.3, -0.25) is 4.79 Å². The second-order valence-corrected chi connectivity index (χ2v) is 6.50. The van der Waals surface area contributed by atoms with E-state index in [9.17, 15) is 4.79 Å². The number of rotatable bonds is 4. The van der Waals surface area contributed by atoms with Gasteiger partial charge in [0.2, 0.25) is 5.91 Å². The van der Waals surface area contributed by atoms with Gasteiger partial charge in [-0.2, -0.15) is 0 Å². The van der Waals surface area contributed by atoms with E-state index in [1.807, 2.05) is 48.5 Å². The largest absolute Gasteiger partial charge is 0.333 e. The van der Waals surface area contributed by atoms with Crippen molar-refractivity contribution in [3.63, 3.8) is 0 Å². The summed E-state index contributed by atoms with van der Waals surface area (Å²) in [6.07, 6.45) is 0. The van der Waals surface area contributed by atoms with Crippen molar-refractivity contribution < 1.29 is 4.79 Å². The first-order chi connectivity index (χ1) is 10.2. The number of H-pyrrole nitrogens is 1. The third-order valence-corrected chi connectivity index (χ3v) is 4.67. The topological polar surface area (TPSA) is 57.8 Å². The molecule has 0 fully saturated rings. The Hall–Kier alpha value is -1.54. The molecule has 106 valence electrons. The molecule has 3 rings (SSSR count). The Bertz CT molecular complexity index is 754. The minimum atomic E-state index is -0.0374. The highest BCUT2D eigenvalue weighted by molar-refractivity contribution is 14.1. The van der Waals surface area contributed by atoms with Gasteiger partial charge in [-0.05, 0) is 46.9 Å². The Morgan fingerprint density at radius 1 is 1.19 bits per heavy atom. The normalized spacial score (nSPS) is 10.7. The number of carbonyl (C=O) groups is 1. The fourth-order valence-electron chi connectivity index (χ4n) is 1.88. The summed E-state index contributed by atoms with van der Waals surface area (Å²) in [6.45, 7) is 0. The minimum absolute atomic E-state index is 0.0374. The molecule has 21 heavy (non-hydrogen) atoms. The SMILES string of the molecule is O=C(CSc1nc2ccccc2[nH]1)Nc1ccccc1I.